The fraction of sp³-hybridized carbons (Fsp3) is 0.526. The van der Waals surface area contributed by atoms with Crippen molar-refractivity contribution in [3.63, 3.8) is 0 Å². The fourth-order valence-corrected chi connectivity index (χ4v) is 4.28. The Labute approximate surface area is 160 Å². The molecule has 4 rings (SSSR count). The quantitative estimate of drug-likeness (QED) is 0.868. The lowest BCUT2D eigenvalue weighted by atomic mass is 10.1. The molecule has 0 radical (unpaired) electrons. The standard InChI is InChI=1S/C19H22F3N5O/c1-9(2)27-16(17-12-7-26(10(3)28)8-13(12)17)5-15(25-27)11-4-14(19(20,21)22)18(23)24-6-11/h4-6,9,12-13,17H,7-8H2,1-3H3,(H2,23,24)/t12-,13+,17+. The summed E-state index contributed by atoms with van der Waals surface area (Å²) < 4.78 is 41.4. The van der Waals surface area contributed by atoms with Crippen molar-refractivity contribution in [3.8, 4) is 11.3 Å². The van der Waals surface area contributed by atoms with Crippen LogP contribution in [-0.4, -0.2) is 38.7 Å². The largest absolute Gasteiger partial charge is 0.419 e. The molecule has 0 unspecified atom stereocenters. The smallest absolute Gasteiger partial charge is 0.383 e. The third kappa shape index (κ3) is 3.02. The van der Waals surface area contributed by atoms with E-state index < -0.39 is 17.6 Å². The maximum absolute atomic E-state index is 13.2. The van der Waals surface area contributed by atoms with E-state index >= 15 is 0 Å². The van der Waals surface area contributed by atoms with Crippen molar-refractivity contribution >= 4 is 11.7 Å². The molecule has 3 heterocycles. The van der Waals surface area contributed by atoms with Crippen LogP contribution < -0.4 is 5.73 Å². The zero-order chi connectivity index (χ0) is 20.4. The molecule has 2 fully saturated rings. The molecular weight excluding hydrogens is 371 g/mol. The van der Waals surface area contributed by atoms with Crippen molar-refractivity contribution in [2.75, 3.05) is 18.8 Å². The molecule has 0 spiro atoms. The molecule has 150 valence electrons. The Morgan fingerprint density at radius 3 is 2.43 bits per heavy atom. The first-order chi connectivity index (χ1) is 13.1. The van der Waals surface area contributed by atoms with Gasteiger partial charge in [-0.2, -0.15) is 18.3 Å². The predicted molar refractivity (Wildman–Crippen MR) is 97.2 cm³/mol. The number of pyridine rings is 1. The lowest BCUT2D eigenvalue weighted by Crippen LogP contribution is -2.29. The summed E-state index contributed by atoms with van der Waals surface area (Å²) in [6.07, 6.45) is -3.24. The van der Waals surface area contributed by atoms with Crippen molar-refractivity contribution in [2.24, 2.45) is 11.8 Å². The molecule has 0 bridgehead atoms. The van der Waals surface area contributed by atoms with Gasteiger partial charge >= 0.3 is 6.18 Å². The van der Waals surface area contributed by atoms with E-state index in [1.807, 2.05) is 29.5 Å². The molecule has 28 heavy (non-hydrogen) atoms. The van der Waals surface area contributed by atoms with Crippen LogP contribution in [0.15, 0.2) is 18.3 Å². The first-order valence-electron chi connectivity index (χ1n) is 9.26. The number of carbonyl (C=O) groups excluding carboxylic acids is 1. The number of hydrogen-bond donors (Lipinski definition) is 1. The Balaban J connectivity index is 1.67. The Kier molecular flexibility index (Phi) is 4.17. The molecule has 2 aromatic heterocycles. The van der Waals surface area contributed by atoms with Gasteiger partial charge in [-0.15, -0.1) is 0 Å². The van der Waals surface area contributed by atoms with Crippen LogP contribution >= 0.6 is 0 Å². The zero-order valence-corrected chi connectivity index (χ0v) is 15.9. The highest BCUT2D eigenvalue weighted by molar-refractivity contribution is 5.74. The number of rotatable bonds is 3. The van der Waals surface area contributed by atoms with Gasteiger partial charge in [0.25, 0.3) is 0 Å². The maximum atomic E-state index is 13.2. The van der Waals surface area contributed by atoms with Crippen LogP contribution in [0.25, 0.3) is 11.3 Å². The second-order valence-electron chi connectivity index (χ2n) is 7.92. The van der Waals surface area contributed by atoms with Crippen LogP contribution in [0.4, 0.5) is 19.0 Å². The van der Waals surface area contributed by atoms with Gasteiger partial charge in [-0.25, -0.2) is 4.98 Å². The molecule has 2 aliphatic rings. The summed E-state index contributed by atoms with van der Waals surface area (Å²) >= 11 is 0. The van der Waals surface area contributed by atoms with Crippen LogP contribution in [0.3, 0.4) is 0 Å². The van der Waals surface area contributed by atoms with E-state index in [0.29, 0.717) is 23.1 Å². The highest BCUT2D eigenvalue weighted by Crippen LogP contribution is 2.58. The average Bonchev–Trinajstić information content (AvgIpc) is 2.99. The number of fused-ring (bicyclic) bond motifs is 1. The minimum atomic E-state index is -4.57. The monoisotopic (exact) mass is 393 g/mol. The molecule has 0 aromatic carbocycles. The van der Waals surface area contributed by atoms with E-state index in [0.717, 1.165) is 24.8 Å². The van der Waals surface area contributed by atoms with E-state index in [1.54, 1.807) is 6.92 Å². The number of nitrogen functional groups attached to an aromatic ring is 1. The number of aromatic nitrogens is 3. The number of amides is 1. The number of hydrogen-bond acceptors (Lipinski definition) is 4. The molecule has 3 atom stereocenters. The predicted octanol–water partition coefficient (Wildman–Crippen LogP) is 3.32. The second-order valence-corrected chi connectivity index (χ2v) is 7.92. The van der Waals surface area contributed by atoms with E-state index in [-0.39, 0.29) is 17.9 Å². The second kappa shape index (κ2) is 6.22. The van der Waals surface area contributed by atoms with Crippen molar-refractivity contribution in [3.05, 3.63) is 29.6 Å². The normalized spacial score (nSPS) is 24.0. The van der Waals surface area contributed by atoms with Crippen LogP contribution in [-0.2, 0) is 11.0 Å². The summed E-state index contributed by atoms with van der Waals surface area (Å²) in [5, 5.41) is 4.56. The molecule has 9 heteroatoms. The minimum Gasteiger partial charge on any atom is -0.383 e. The van der Waals surface area contributed by atoms with Crippen molar-refractivity contribution in [2.45, 2.75) is 38.9 Å². The Hall–Kier alpha value is -2.58. The first-order valence-corrected chi connectivity index (χ1v) is 9.26. The molecule has 1 aliphatic heterocycles. The number of carbonyl (C=O) groups is 1. The minimum absolute atomic E-state index is 0.0674. The summed E-state index contributed by atoms with van der Waals surface area (Å²) in [4.78, 5) is 17.1. The van der Waals surface area contributed by atoms with Crippen molar-refractivity contribution < 1.29 is 18.0 Å². The zero-order valence-electron chi connectivity index (χ0n) is 15.9. The maximum Gasteiger partial charge on any atom is 0.419 e. The molecule has 1 saturated carbocycles. The van der Waals surface area contributed by atoms with Crippen molar-refractivity contribution in [1.82, 2.24) is 19.7 Å². The summed E-state index contributed by atoms with van der Waals surface area (Å²) in [5.74, 6) is 0.600. The molecule has 2 N–H and O–H groups in total. The van der Waals surface area contributed by atoms with Crippen LogP contribution in [0, 0.1) is 11.8 Å². The van der Waals surface area contributed by atoms with Gasteiger partial charge in [0, 0.05) is 49.4 Å². The Morgan fingerprint density at radius 1 is 1.25 bits per heavy atom. The number of alkyl halides is 3. The first kappa shape index (κ1) is 18.8. The lowest BCUT2D eigenvalue weighted by molar-refractivity contribution is -0.137. The summed E-state index contributed by atoms with van der Waals surface area (Å²) in [5.41, 5.74) is 6.20. The Morgan fingerprint density at radius 2 is 1.89 bits per heavy atom. The number of nitrogens with zero attached hydrogens (tertiary/aromatic N) is 4. The fourth-order valence-electron chi connectivity index (χ4n) is 4.28. The van der Waals surface area contributed by atoms with E-state index in [4.69, 9.17) is 5.73 Å². The van der Waals surface area contributed by atoms with Crippen LogP contribution in [0.1, 0.15) is 44.0 Å². The van der Waals surface area contributed by atoms with Gasteiger partial charge in [0.15, 0.2) is 0 Å². The molecule has 1 amide bonds. The van der Waals surface area contributed by atoms with Crippen molar-refractivity contribution in [1.29, 1.82) is 0 Å². The number of halogens is 3. The summed E-state index contributed by atoms with van der Waals surface area (Å²) in [6.45, 7) is 7.00. The highest BCUT2D eigenvalue weighted by atomic mass is 19.4. The highest BCUT2D eigenvalue weighted by Gasteiger charge is 2.58. The topological polar surface area (TPSA) is 77.0 Å². The third-order valence-corrected chi connectivity index (χ3v) is 5.75. The van der Waals surface area contributed by atoms with Gasteiger partial charge in [-0.3, -0.25) is 9.48 Å². The molecular formula is C19H22F3N5O. The Bertz CT molecular complexity index is 924. The van der Waals surface area contributed by atoms with Gasteiger partial charge in [-0.05, 0) is 37.8 Å². The number of nitrogens with two attached hydrogens (primary N) is 1. The van der Waals surface area contributed by atoms with Gasteiger partial charge in [0.2, 0.25) is 5.91 Å². The van der Waals surface area contributed by atoms with Gasteiger partial charge in [-0.1, -0.05) is 0 Å². The lowest BCUT2D eigenvalue weighted by Gasteiger charge is -2.19. The average molecular weight is 393 g/mol. The number of piperidine rings is 1. The molecule has 6 nitrogen and oxygen atoms in total. The van der Waals surface area contributed by atoms with Crippen LogP contribution in [0.5, 0.6) is 0 Å². The van der Waals surface area contributed by atoms with Crippen LogP contribution in [0.2, 0.25) is 0 Å². The summed E-state index contributed by atoms with van der Waals surface area (Å²) in [7, 11) is 0. The number of anilines is 1. The van der Waals surface area contributed by atoms with E-state index in [2.05, 4.69) is 10.1 Å². The van der Waals surface area contributed by atoms with Gasteiger partial charge in [0.1, 0.15) is 5.82 Å². The SMILES string of the molecule is CC(=O)N1C[C@@H]2[C@H](C1)[C@H]2c1cc(-c2cnc(N)c(C(F)(F)F)c2)nn1C(C)C. The molecule has 2 aromatic rings. The van der Waals surface area contributed by atoms with E-state index in [9.17, 15) is 18.0 Å². The third-order valence-electron chi connectivity index (χ3n) is 5.75. The van der Waals surface area contributed by atoms with E-state index in [1.165, 1.54) is 6.20 Å². The van der Waals surface area contributed by atoms with Gasteiger partial charge in [0.05, 0.1) is 11.3 Å². The van der Waals surface area contributed by atoms with Gasteiger partial charge < -0.3 is 10.6 Å². The summed E-state index contributed by atoms with van der Waals surface area (Å²) in [6, 6.07) is 2.93. The molecule has 1 aliphatic carbocycles. The number of likely N-dealkylation sites (tertiary alicyclic amines) is 1. The molecule has 1 saturated heterocycles.